The van der Waals surface area contributed by atoms with Crippen LogP contribution in [-0.2, 0) is 6.54 Å². The molecule has 66 valence electrons. The first-order valence-corrected chi connectivity index (χ1v) is 4.39. The van der Waals surface area contributed by atoms with Crippen molar-refractivity contribution in [3.8, 4) is 0 Å². The molecule has 0 aliphatic rings. The normalized spacial score (nSPS) is 10.7. The van der Waals surface area contributed by atoms with Crippen LogP contribution in [0.25, 0.3) is 0 Å². The molecule has 3 heteroatoms. The van der Waals surface area contributed by atoms with Gasteiger partial charge in [0.2, 0.25) is 0 Å². The van der Waals surface area contributed by atoms with Gasteiger partial charge in [0.1, 0.15) is 5.15 Å². The van der Waals surface area contributed by atoms with Gasteiger partial charge < -0.3 is 4.90 Å². The predicted molar refractivity (Wildman–Crippen MR) is 51.3 cm³/mol. The Balaban J connectivity index is 2.58. The van der Waals surface area contributed by atoms with E-state index in [1.165, 1.54) is 5.56 Å². The van der Waals surface area contributed by atoms with Crippen molar-refractivity contribution < 1.29 is 0 Å². The van der Waals surface area contributed by atoms with Crippen LogP contribution in [-0.4, -0.2) is 23.5 Å². The largest absolute Gasteiger partial charge is 0.302 e. The molecule has 0 aromatic carbocycles. The molecule has 0 N–H and O–H groups in total. The maximum absolute atomic E-state index is 5.66. The molecule has 1 aromatic heterocycles. The van der Waals surface area contributed by atoms with E-state index >= 15 is 0 Å². The van der Waals surface area contributed by atoms with Gasteiger partial charge in [-0.1, -0.05) is 24.6 Å². The first-order chi connectivity index (χ1) is 5.72. The lowest BCUT2D eigenvalue weighted by Crippen LogP contribution is -2.16. The zero-order valence-corrected chi connectivity index (χ0v) is 8.17. The fourth-order valence-corrected chi connectivity index (χ4v) is 1.04. The summed E-state index contributed by atoms with van der Waals surface area (Å²) in [5, 5.41) is 0.554. The maximum Gasteiger partial charge on any atom is 0.129 e. The molecule has 0 aliphatic heterocycles. The summed E-state index contributed by atoms with van der Waals surface area (Å²) in [5.41, 5.74) is 1.20. The summed E-state index contributed by atoms with van der Waals surface area (Å²) in [4.78, 5) is 6.22. The summed E-state index contributed by atoms with van der Waals surface area (Å²) < 4.78 is 0. The molecule has 1 heterocycles. The molecule has 0 radical (unpaired) electrons. The Morgan fingerprint density at radius 2 is 2.25 bits per heavy atom. The number of hydrogen-bond acceptors (Lipinski definition) is 2. The van der Waals surface area contributed by atoms with E-state index in [0.29, 0.717) is 5.15 Å². The number of halogens is 1. The smallest absolute Gasteiger partial charge is 0.129 e. The molecule has 0 fully saturated rings. The van der Waals surface area contributed by atoms with E-state index in [2.05, 4.69) is 23.9 Å². The van der Waals surface area contributed by atoms with Gasteiger partial charge in [0.15, 0.2) is 0 Å². The summed E-state index contributed by atoms with van der Waals surface area (Å²) in [6, 6.07) is 3.82. The topological polar surface area (TPSA) is 16.1 Å². The van der Waals surface area contributed by atoms with Crippen molar-refractivity contribution >= 4 is 11.6 Å². The number of aromatic nitrogens is 1. The molecule has 0 unspecified atom stereocenters. The SMILES string of the molecule is CCN(C)Cc1ccc(Cl)nc1. The Hall–Kier alpha value is -0.600. The summed E-state index contributed by atoms with van der Waals surface area (Å²) in [7, 11) is 2.08. The fourth-order valence-electron chi connectivity index (χ4n) is 0.923. The van der Waals surface area contributed by atoms with Gasteiger partial charge in [-0.15, -0.1) is 0 Å². The Morgan fingerprint density at radius 1 is 1.50 bits per heavy atom. The van der Waals surface area contributed by atoms with Crippen LogP contribution in [0, 0.1) is 0 Å². The Labute approximate surface area is 78.2 Å². The first kappa shape index (κ1) is 9.49. The maximum atomic E-state index is 5.66. The van der Waals surface area contributed by atoms with E-state index in [9.17, 15) is 0 Å². The van der Waals surface area contributed by atoms with Gasteiger partial charge in [0, 0.05) is 12.7 Å². The van der Waals surface area contributed by atoms with E-state index in [0.717, 1.165) is 13.1 Å². The second-order valence-electron chi connectivity index (χ2n) is 2.82. The van der Waals surface area contributed by atoms with Gasteiger partial charge >= 0.3 is 0 Å². The monoisotopic (exact) mass is 184 g/mol. The number of hydrogen-bond donors (Lipinski definition) is 0. The molecular formula is C9H13ClN2. The van der Waals surface area contributed by atoms with Crippen molar-refractivity contribution in [2.45, 2.75) is 13.5 Å². The van der Waals surface area contributed by atoms with Crippen molar-refractivity contribution in [1.29, 1.82) is 0 Å². The second kappa shape index (κ2) is 4.43. The van der Waals surface area contributed by atoms with Crippen LogP contribution in [0.2, 0.25) is 5.15 Å². The van der Waals surface area contributed by atoms with E-state index in [1.807, 2.05) is 18.3 Å². The third-order valence-corrected chi connectivity index (χ3v) is 2.00. The van der Waals surface area contributed by atoms with Crippen molar-refractivity contribution in [1.82, 2.24) is 9.88 Å². The molecule has 0 amide bonds. The molecule has 12 heavy (non-hydrogen) atoms. The Bertz CT molecular complexity index is 233. The summed E-state index contributed by atoms with van der Waals surface area (Å²) in [6.07, 6.45) is 1.81. The molecule has 0 spiro atoms. The van der Waals surface area contributed by atoms with Gasteiger partial charge in [0.05, 0.1) is 0 Å². The third-order valence-electron chi connectivity index (χ3n) is 1.78. The third kappa shape index (κ3) is 2.80. The van der Waals surface area contributed by atoms with E-state index in [-0.39, 0.29) is 0 Å². The lowest BCUT2D eigenvalue weighted by molar-refractivity contribution is 0.345. The highest BCUT2D eigenvalue weighted by Gasteiger charge is 1.97. The zero-order chi connectivity index (χ0) is 8.97. The lowest BCUT2D eigenvalue weighted by Gasteiger charge is -2.12. The standard InChI is InChI=1S/C9H13ClN2/c1-3-12(2)7-8-4-5-9(10)11-6-8/h4-6H,3,7H2,1-2H3. The van der Waals surface area contributed by atoms with Crippen molar-refractivity contribution in [3.05, 3.63) is 29.0 Å². The first-order valence-electron chi connectivity index (χ1n) is 4.01. The molecule has 2 nitrogen and oxygen atoms in total. The fraction of sp³-hybridized carbons (Fsp3) is 0.444. The summed E-state index contributed by atoms with van der Waals surface area (Å²) in [6.45, 7) is 4.10. The minimum absolute atomic E-state index is 0.554. The van der Waals surface area contributed by atoms with Gasteiger partial charge in [-0.25, -0.2) is 4.98 Å². The molecule has 1 rings (SSSR count). The average molecular weight is 185 g/mol. The van der Waals surface area contributed by atoms with Crippen LogP contribution in [0.3, 0.4) is 0 Å². The van der Waals surface area contributed by atoms with Crippen LogP contribution < -0.4 is 0 Å². The molecule has 1 aromatic rings. The van der Waals surface area contributed by atoms with Crippen LogP contribution in [0.4, 0.5) is 0 Å². The van der Waals surface area contributed by atoms with Crippen LogP contribution in [0.1, 0.15) is 12.5 Å². The molecule has 0 saturated carbocycles. The summed E-state index contributed by atoms with van der Waals surface area (Å²) >= 11 is 5.66. The summed E-state index contributed by atoms with van der Waals surface area (Å²) in [5.74, 6) is 0. The van der Waals surface area contributed by atoms with E-state index < -0.39 is 0 Å². The van der Waals surface area contributed by atoms with Crippen LogP contribution in [0.5, 0.6) is 0 Å². The Morgan fingerprint density at radius 3 is 2.75 bits per heavy atom. The van der Waals surface area contributed by atoms with Crippen LogP contribution >= 0.6 is 11.6 Å². The minimum Gasteiger partial charge on any atom is -0.302 e. The van der Waals surface area contributed by atoms with Crippen molar-refractivity contribution in [2.75, 3.05) is 13.6 Å². The van der Waals surface area contributed by atoms with E-state index in [1.54, 1.807) is 0 Å². The molecule has 0 bridgehead atoms. The minimum atomic E-state index is 0.554. The van der Waals surface area contributed by atoms with Crippen molar-refractivity contribution in [2.24, 2.45) is 0 Å². The highest BCUT2D eigenvalue weighted by atomic mass is 35.5. The lowest BCUT2D eigenvalue weighted by atomic mass is 10.3. The van der Waals surface area contributed by atoms with Gasteiger partial charge in [-0.05, 0) is 25.2 Å². The zero-order valence-electron chi connectivity index (χ0n) is 7.42. The number of rotatable bonds is 3. The van der Waals surface area contributed by atoms with Crippen molar-refractivity contribution in [3.63, 3.8) is 0 Å². The van der Waals surface area contributed by atoms with E-state index in [4.69, 9.17) is 11.6 Å². The molecular weight excluding hydrogens is 172 g/mol. The van der Waals surface area contributed by atoms with Gasteiger partial charge in [0.25, 0.3) is 0 Å². The average Bonchev–Trinajstić information content (AvgIpc) is 2.09. The molecule has 0 atom stereocenters. The highest BCUT2D eigenvalue weighted by molar-refractivity contribution is 6.29. The van der Waals surface area contributed by atoms with Gasteiger partial charge in [-0.3, -0.25) is 0 Å². The second-order valence-corrected chi connectivity index (χ2v) is 3.21. The predicted octanol–water partition coefficient (Wildman–Crippen LogP) is 2.19. The molecule has 0 saturated heterocycles. The molecule has 0 aliphatic carbocycles. The van der Waals surface area contributed by atoms with Crippen LogP contribution in [0.15, 0.2) is 18.3 Å². The highest BCUT2D eigenvalue weighted by Crippen LogP contribution is 2.06. The quantitative estimate of drug-likeness (QED) is 0.670. The van der Waals surface area contributed by atoms with Gasteiger partial charge in [-0.2, -0.15) is 0 Å². The number of pyridine rings is 1. The number of nitrogens with zero attached hydrogens (tertiary/aromatic N) is 2. The Kier molecular flexibility index (Phi) is 3.50.